The van der Waals surface area contributed by atoms with E-state index in [2.05, 4.69) is 0 Å². The predicted molar refractivity (Wildman–Crippen MR) is 74.4 cm³/mol. The quantitative estimate of drug-likeness (QED) is 0.899. The minimum atomic E-state index is 0.135. The zero-order valence-electron chi connectivity index (χ0n) is 11.4. The lowest BCUT2D eigenvalue weighted by molar-refractivity contribution is 0.299. The average molecular weight is 262 g/mol. The fourth-order valence-electron chi connectivity index (χ4n) is 2.21. The number of hydrogen-bond acceptors (Lipinski definition) is 4. The summed E-state index contributed by atoms with van der Waals surface area (Å²) in [7, 11) is 4.80. The van der Waals surface area contributed by atoms with Gasteiger partial charge in [0.05, 0.1) is 21.3 Å². The molecule has 0 saturated heterocycles. The molecule has 1 N–H and O–H groups in total. The molecule has 2 aromatic rings. The van der Waals surface area contributed by atoms with Gasteiger partial charge in [-0.15, -0.1) is 0 Å². The van der Waals surface area contributed by atoms with E-state index in [-0.39, 0.29) is 6.61 Å². The molecular weight excluding hydrogens is 244 g/mol. The van der Waals surface area contributed by atoms with E-state index in [1.165, 1.54) is 0 Å². The Morgan fingerprint density at radius 2 is 1.68 bits per heavy atom. The predicted octanol–water partition coefficient (Wildman–Crippen LogP) is 2.40. The molecule has 0 atom stereocenters. The summed E-state index contributed by atoms with van der Waals surface area (Å²) in [6, 6.07) is 7.89. The van der Waals surface area contributed by atoms with Crippen LogP contribution in [0.25, 0.3) is 10.8 Å². The van der Waals surface area contributed by atoms with Crippen molar-refractivity contribution in [2.45, 2.75) is 6.42 Å². The van der Waals surface area contributed by atoms with E-state index in [4.69, 9.17) is 19.3 Å². The Hall–Kier alpha value is -1.94. The van der Waals surface area contributed by atoms with Crippen molar-refractivity contribution in [2.24, 2.45) is 0 Å². The van der Waals surface area contributed by atoms with Crippen LogP contribution in [0.2, 0.25) is 0 Å². The first-order valence-electron chi connectivity index (χ1n) is 6.07. The van der Waals surface area contributed by atoms with Crippen LogP contribution in [0, 0.1) is 0 Å². The summed E-state index contributed by atoms with van der Waals surface area (Å²) < 4.78 is 16.1. The highest BCUT2D eigenvalue weighted by Gasteiger charge is 2.15. The topological polar surface area (TPSA) is 47.9 Å². The lowest BCUT2D eigenvalue weighted by Crippen LogP contribution is -1.97. The molecule has 0 amide bonds. The Labute approximate surface area is 112 Å². The van der Waals surface area contributed by atoms with Crippen LogP contribution in [0.1, 0.15) is 5.56 Å². The summed E-state index contributed by atoms with van der Waals surface area (Å²) in [5.41, 5.74) is 1.07. The van der Waals surface area contributed by atoms with Crippen molar-refractivity contribution in [3.05, 3.63) is 29.8 Å². The molecular formula is C15H18O4. The van der Waals surface area contributed by atoms with Gasteiger partial charge in [0, 0.05) is 12.0 Å². The summed E-state index contributed by atoms with van der Waals surface area (Å²) in [5.74, 6) is 1.88. The summed E-state index contributed by atoms with van der Waals surface area (Å²) in [5, 5.41) is 11.0. The molecule has 102 valence electrons. The normalized spacial score (nSPS) is 10.5. The minimum Gasteiger partial charge on any atom is -0.493 e. The van der Waals surface area contributed by atoms with E-state index in [0.717, 1.165) is 16.3 Å². The first-order valence-corrected chi connectivity index (χ1v) is 6.07. The van der Waals surface area contributed by atoms with E-state index < -0.39 is 0 Å². The van der Waals surface area contributed by atoms with Crippen LogP contribution in [-0.4, -0.2) is 33.0 Å². The maximum atomic E-state index is 9.01. The van der Waals surface area contributed by atoms with Gasteiger partial charge < -0.3 is 19.3 Å². The smallest absolute Gasteiger partial charge is 0.203 e. The van der Waals surface area contributed by atoms with Gasteiger partial charge in [0.25, 0.3) is 0 Å². The highest BCUT2D eigenvalue weighted by atomic mass is 16.5. The molecule has 0 aliphatic rings. The molecule has 0 aromatic heterocycles. The lowest BCUT2D eigenvalue weighted by Gasteiger charge is -2.15. The standard InChI is InChI=1S/C15H18O4/c1-17-13-9-11-8-10(6-7-16)4-5-12(11)14(18-2)15(13)19-3/h4-5,8-9,16H,6-7H2,1-3H3. The van der Waals surface area contributed by atoms with Crippen LogP contribution in [-0.2, 0) is 6.42 Å². The molecule has 4 nitrogen and oxygen atoms in total. The second-order valence-electron chi connectivity index (χ2n) is 4.17. The fraction of sp³-hybridized carbons (Fsp3) is 0.333. The van der Waals surface area contributed by atoms with Crippen molar-refractivity contribution in [3.8, 4) is 17.2 Å². The number of fused-ring (bicyclic) bond motifs is 1. The molecule has 0 fully saturated rings. The number of hydrogen-bond donors (Lipinski definition) is 1. The zero-order chi connectivity index (χ0) is 13.8. The second kappa shape index (κ2) is 5.80. The molecule has 19 heavy (non-hydrogen) atoms. The van der Waals surface area contributed by atoms with Gasteiger partial charge in [0.2, 0.25) is 5.75 Å². The number of aliphatic hydroxyl groups excluding tert-OH is 1. The van der Waals surface area contributed by atoms with Crippen LogP contribution in [0.5, 0.6) is 17.2 Å². The summed E-state index contributed by atoms with van der Waals surface area (Å²) in [6.45, 7) is 0.135. The Balaban J connectivity index is 2.69. The molecule has 0 heterocycles. The average Bonchev–Trinajstić information content (AvgIpc) is 2.45. The second-order valence-corrected chi connectivity index (χ2v) is 4.17. The van der Waals surface area contributed by atoms with Crippen molar-refractivity contribution >= 4 is 10.8 Å². The molecule has 0 spiro atoms. The number of aliphatic hydroxyl groups is 1. The van der Waals surface area contributed by atoms with Gasteiger partial charge in [0.15, 0.2) is 11.5 Å². The van der Waals surface area contributed by atoms with Crippen molar-refractivity contribution in [1.29, 1.82) is 0 Å². The Bertz CT molecular complexity index is 578. The van der Waals surface area contributed by atoms with Crippen molar-refractivity contribution in [3.63, 3.8) is 0 Å². The van der Waals surface area contributed by atoms with Gasteiger partial charge in [0.1, 0.15) is 0 Å². The highest BCUT2D eigenvalue weighted by molar-refractivity contribution is 5.93. The number of ether oxygens (including phenoxy) is 3. The van der Waals surface area contributed by atoms with Gasteiger partial charge in [-0.1, -0.05) is 18.2 Å². The van der Waals surface area contributed by atoms with E-state index >= 15 is 0 Å². The summed E-state index contributed by atoms with van der Waals surface area (Å²) in [4.78, 5) is 0. The Kier molecular flexibility index (Phi) is 4.12. The van der Waals surface area contributed by atoms with Gasteiger partial charge in [-0.3, -0.25) is 0 Å². The maximum absolute atomic E-state index is 9.01. The summed E-state index contributed by atoms with van der Waals surface area (Å²) >= 11 is 0. The zero-order valence-corrected chi connectivity index (χ0v) is 11.4. The fourth-order valence-corrected chi connectivity index (χ4v) is 2.21. The molecule has 0 unspecified atom stereocenters. The number of methoxy groups -OCH3 is 3. The van der Waals surface area contributed by atoms with E-state index in [1.54, 1.807) is 21.3 Å². The van der Waals surface area contributed by atoms with Gasteiger partial charge in [-0.25, -0.2) is 0 Å². The molecule has 0 bridgehead atoms. The van der Waals surface area contributed by atoms with Crippen molar-refractivity contribution in [1.82, 2.24) is 0 Å². The van der Waals surface area contributed by atoms with Crippen LogP contribution < -0.4 is 14.2 Å². The monoisotopic (exact) mass is 262 g/mol. The Morgan fingerprint density at radius 1 is 0.947 bits per heavy atom. The first kappa shape index (κ1) is 13.5. The van der Waals surface area contributed by atoms with Crippen molar-refractivity contribution in [2.75, 3.05) is 27.9 Å². The van der Waals surface area contributed by atoms with E-state index in [0.29, 0.717) is 23.7 Å². The van der Waals surface area contributed by atoms with Crippen LogP contribution in [0.15, 0.2) is 24.3 Å². The third kappa shape index (κ3) is 2.44. The van der Waals surface area contributed by atoms with Crippen molar-refractivity contribution < 1.29 is 19.3 Å². The van der Waals surface area contributed by atoms with E-state index in [1.807, 2.05) is 24.3 Å². The third-order valence-corrected chi connectivity index (χ3v) is 3.11. The van der Waals surface area contributed by atoms with Gasteiger partial charge in [-0.2, -0.15) is 0 Å². The number of benzene rings is 2. The van der Waals surface area contributed by atoms with E-state index in [9.17, 15) is 0 Å². The van der Waals surface area contributed by atoms with Gasteiger partial charge in [-0.05, 0) is 23.4 Å². The highest BCUT2D eigenvalue weighted by Crippen LogP contribution is 2.43. The SMILES string of the molecule is COc1cc2cc(CCO)ccc2c(OC)c1OC. The molecule has 2 rings (SSSR count). The molecule has 0 saturated carbocycles. The van der Waals surface area contributed by atoms with Crippen LogP contribution in [0.3, 0.4) is 0 Å². The minimum absolute atomic E-state index is 0.135. The third-order valence-electron chi connectivity index (χ3n) is 3.11. The van der Waals surface area contributed by atoms with Crippen LogP contribution >= 0.6 is 0 Å². The van der Waals surface area contributed by atoms with Gasteiger partial charge >= 0.3 is 0 Å². The molecule has 0 aliphatic heterocycles. The first-order chi connectivity index (χ1) is 9.24. The largest absolute Gasteiger partial charge is 0.493 e. The van der Waals surface area contributed by atoms with Crippen LogP contribution in [0.4, 0.5) is 0 Å². The Morgan fingerprint density at radius 3 is 2.26 bits per heavy atom. The molecule has 2 aromatic carbocycles. The molecule has 0 aliphatic carbocycles. The number of rotatable bonds is 5. The molecule has 0 radical (unpaired) electrons. The maximum Gasteiger partial charge on any atom is 0.203 e. The lowest BCUT2D eigenvalue weighted by atomic mass is 10.0. The molecule has 4 heteroatoms. The summed E-state index contributed by atoms with van der Waals surface area (Å²) in [6.07, 6.45) is 0.632.